The Hall–Kier alpha value is -4.07. The first-order valence-corrected chi connectivity index (χ1v) is 10.5. The average Bonchev–Trinajstić information content (AvgIpc) is 3.40. The molecule has 3 aromatic carbocycles. The van der Waals surface area contributed by atoms with Crippen molar-refractivity contribution < 1.29 is 23.4 Å². The molecule has 1 spiro atoms. The second kappa shape index (κ2) is 6.96. The molecule has 0 bridgehead atoms. The standard InChI is InChI=1S/C25H20FN3O4/c1-31-16-9-6-14(7-10-16)20-13-21-17-4-3-5-22(32-2)23(17)33-25(29(21)28-20)18-12-15(26)8-11-19(18)27-24(25)30/h3-12,21H,13H2,1-2H3,(H,27,30)/t21-,25+/m1/s1. The van der Waals surface area contributed by atoms with Crippen LogP contribution in [0, 0.1) is 5.82 Å². The molecule has 0 unspecified atom stereocenters. The lowest BCUT2D eigenvalue weighted by molar-refractivity contribution is -0.161. The van der Waals surface area contributed by atoms with Gasteiger partial charge in [0.1, 0.15) is 11.6 Å². The van der Waals surface area contributed by atoms with E-state index in [0.717, 1.165) is 22.6 Å². The van der Waals surface area contributed by atoms with Crippen molar-refractivity contribution in [3.8, 4) is 17.2 Å². The first-order chi connectivity index (χ1) is 16.0. The minimum atomic E-state index is -1.65. The van der Waals surface area contributed by atoms with Crippen molar-refractivity contribution >= 4 is 17.3 Å². The van der Waals surface area contributed by atoms with Crippen molar-refractivity contribution in [3.05, 3.63) is 83.2 Å². The Morgan fingerprint density at radius 3 is 2.70 bits per heavy atom. The Kier molecular flexibility index (Phi) is 4.14. The molecule has 1 N–H and O–H groups in total. The van der Waals surface area contributed by atoms with Crippen LogP contribution in [0.2, 0.25) is 0 Å². The number of nitrogens with one attached hydrogen (secondary N) is 1. The summed E-state index contributed by atoms with van der Waals surface area (Å²) in [6, 6.07) is 17.1. The van der Waals surface area contributed by atoms with Crippen LogP contribution in [0.15, 0.2) is 65.8 Å². The molecule has 0 fully saturated rings. The van der Waals surface area contributed by atoms with Crippen LogP contribution in [-0.2, 0) is 10.5 Å². The molecule has 0 radical (unpaired) electrons. The summed E-state index contributed by atoms with van der Waals surface area (Å²) in [5, 5.41) is 9.36. The van der Waals surface area contributed by atoms with Crippen LogP contribution in [0.1, 0.15) is 29.2 Å². The number of carbonyl (C=O) groups excluding carboxylic acids is 1. The zero-order chi connectivity index (χ0) is 22.7. The zero-order valence-electron chi connectivity index (χ0n) is 18.0. The first-order valence-electron chi connectivity index (χ1n) is 10.5. The van der Waals surface area contributed by atoms with Crippen molar-refractivity contribution in [2.45, 2.75) is 18.2 Å². The minimum absolute atomic E-state index is 0.305. The largest absolute Gasteiger partial charge is 0.497 e. The third-order valence-electron chi connectivity index (χ3n) is 6.40. The van der Waals surface area contributed by atoms with E-state index in [0.29, 0.717) is 29.2 Å². The third kappa shape index (κ3) is 2.67. The van der Waals surface area contributed by atoms with Crippen LogP contribution >= 0.6 is 0 Å². The van der Waals surface area contributed by atoms with E-state index in [1.54, 1.807) is 25.3 Å². The number of para-hydroxylation sites is 1. The summed E-state index contributed by atoms with van der Waals surface area (Å²) in [5.74, 6) is 0.810. The van der Waals surface area contributed by atoms with Crippen molar-refractivity contribution in [2.24, 2.45) is 5.10 Å². The third-order valence-corrected chi connectivity index (χ3v) is 6.40. The molecule has 166 valence electrons. The lowest BCUT2D eigenvalue weighted by atomic mass is 9.92. The number of fused-ring (bicyclic) bond motifs is 6. The van der Waals surface area contributed by atoms with Gasteiger partial charge in [0.05, 0.1) is 37.2 Å². The maximum atomic E-state index is 14.3. The number of benzene rings is 3. The van der Waals surface area contributed by atoms with Gasteiger partial charge in [0.2, 0.25) is 0 Å². The number of methoxy groups -OCH3 is 2. The molecule has 33 heavy (non-hydrogen) atoms. The van der Waals surface area contributed by atoms with Crippen LogP contribution in [0.4, 0.5) is 10.1 Å². The van der Waals surface area contributed by atoms with Gasteiger partial charge < -0.3 is 19.5 Å². The molecule has 7 nitrogen and oxygen atoms in total. The highest BCUT2D eigenvalue weighted by Gasteiger charge is 2.61. The van der Waals surface area contributed by atoms with Crippen molar-refractivity contribution in [3.63, 3.8) is 0 Å². The minimum Gasteiger partial charge on any atom is -0.497 e. The Labute approximate surface area is 189 Å². The lowest BCUT2D eigenvalue weighted by Gasteiger charge is -2.44. The summed E-state index contributed by atoms with van der Waals surface area (Å²) in [5.41, 5.74) is 1.77. The highest BCUT2D eigenvalue weighted by Crippen LogP contribution is 2.56. The molecule has 0 aliphatic carbocycles. The zero-order valence-corrected chi connectivity index (χ0v) is 18.0. The fourth-order valence-electron chi connectivity index (χ4n) is 4.82. The first kappa shape index (κ1) is 19.6. The smallest absolute Gasteiger partial charge is 0.306 e. The molecule has 3 aliphatic rings. The number of anilines is 1. The van der Waals surface area contributed by atoms with Crippen LogP contribution < -0.4 is 19.5 Å². The Balaban J connectivity index is 1.56. The molecule has 3 heterocycles. The Bertz CT molecular complexity index is 1320. The van der Waals surface area contributed by atoms with Gasteiger partial charge in [-0.25, -0.2) is 9.40 Å². The van der Waals surface area contributed by atoms with Gasteiger partial charge in [0.25, 0.3) is 5.91 Å². The SMILES string of the molecule is COc1ccc(C2=NN3[C@H](C2)c2cccc(OC)c2O[C@@]32C(=O)Nc3ccc(F)cc32)cc1. The van der Waals surface area contributed by atoms with E-state index in [2.05, 4.69) is 5.32 Å². The van der Waals surface area contributed by atoms with E-state index in [9.17, 15) is 9.18 Å². The monoisotopic (exact) mass is 445 g/mol. The number of hydrazone groups is 1. The van der Waals surface area contributed by atoms with Gasteiger partial charge >= 0.3 is 5.72 Å². The van der Waals surface area contributed by atoms with Gasteiger partial charge in [-0.1, -0.05) is 12.1 Å². The average molecular weight is 445 g/mol. The van der Waals surface area contributed by atoms with Crippen LogP contribution in [-0.4, -0.2) is 30.8 Å². The molecular weight excluding hydrogens is 425 g/mol. The van der Waals surface area contributed by atoms with Crippen LogP contribution in [0.5, 0.6) is 17.2 Å². The number of amides is 1. The van der Waals surface area contributed by atoms with E-state index in [1.165, 1.54) is 18.2 Å². The maximum absolute atomic E-state index is 14.3. The van der Waals surface area contributed by atoms with Gasteiger partial charge in [-0.15, -0.1) is 0 Å². The second-order valence-corrected chi connectivity index (χ2v) is 8.11. The van der Waals surface area contributed by atoms with Gasteiger partial charge in [-0.05, 0) is 54.1 Å². The molecule has 8 heteroatoms. The number of nitrogens with zero attached hydrogens (tertiary/aromatic N) is 2. The molecule has 6 rings (SSSR count). The number of hydrogen-bond acceptors (Lipinski definition) is 6. The summed E-state index contributed by atoms with van der Waals surface area (Å²) in [6.45, 7) is 0. The van der Waals surface area contributed by atoms with Crippen molar-refractivity contribution in [1.82, 2.24) is 5.01 Å². The molecule has 3 aliphatic heterocycles. The molecule has 0 aromatic heterocycles. The normalized spacial score (nSPS) is 22.2. The molecule has 0 saturated carbocycles. The highest BCUT2D eigenvalue weighted by molar-refractivity contribution is 6.07. The highest BCUT2D eigenvalue weighted by atomic mass is 19.1. The van der Waals surface area contributed by atoms with Crippen LogP contribution in [0.25, 0.3) is 0 Å². The van der Waals surface area contributed by atoms with Gasteiger partial charge in [0.15, 0.2) is 11.5 Å². The quantitative estimate of drug-likeness (QED) is 0.655. The molecule has 2 atom stereocenters. The molecule has 1 amide bonds. The topological polar surface area (TPSA) is 72.4 Å². The maximum Gasteiger partial charge on any atom is 0.306 e. The summed E-state index contributed by atoms with van der Waals surface area (Å²) in [6.07, 6.45) is 0.537. The van der Waals surface area contributed by atoms with Crippen molar-refractivity contribution in [2.75, 3.05) is 19.5 Å². The fourth-order valence-corrected chi connectivity index (χ4v) is 4.82. The Morgan fingerprint density at radius 2 is 1.94 bits per heavy atom. The van der Waals surface area contributed by atoms with E-state index in [-0.39, 0.29) is 6.04 Å². The number of ether oxygens (including phenoxy) is 3. The van der Waals surface area contributed by atoms with Gasteiger partial charge in [-0.3, -0.25) is 4.79 Å². The van der Waals surface area contributed by atoms with Gasteiger partial charge in [0, 0.05) is 12.0 Å². The Morgan fingerprint density at radius 1 is 1.12 bits per heavy atom. The van der Waals surface area contributed by atoms with Crippen molar-refractivity contribution in [1.29, 1.82) is 0 Å². The fraction of sp³-hybridized carbons (Fsp3) is 0.200. The van der Waals surface area contributed by atoms with E-state index >= 15 is 0 Å². The van der Waals surface area contributed by atoms with E-state index in [4.69, 9.17) is 19.3 Å². The summed E-state index contributed by atoms with van der Waals surface area (Å²) >= 11 is 0. The summed E-state index contributed by atoms with van der Waals surface area (Å²) in [4.78, 5) is 13.5. The molecular formula is C25H20FN3O4. The van der Waals surface area contributed by atoms with Crippen LogP contribution in [0.3, 0.4) is 0 Å². The molecule has 0 saturated heterocycles. The predicted molar refractivity (Wildman–Crippen MR) is 119 cm³/mol. The lowest BCUT2D eigenvalue weighted by Crippen LogP contribution is -2.55. The van der Waals surface area contributed by atoms with Gasteiger partial charge in [-0.2, -0.15) is 5.10 Å². The second-order valence-electron chi connectivity index (χ2n) is 8.11. The van der Waals surface area contributed by atoms with E-state index < -0.39 is 17.4 Å². The number of halogens is 1. The number of rotatable bonds is 3. The summed E-state index contributed by atoms with van der Waals surface area (Å²) in [7, 11) is 3.16. The summed E-state index contributed by atoms with van der Waals surface area (Å²) < 4.78 is 31.6. The predicted octanol–water partition coefficient (Wildman–Crippen LogP) is 4.19. The number of hydrogen-bond donors (Lipinski definition) is 1. The molecule has 3 aromatic rings. The number of carbonyl (C=O) groups is 1. The van der Waals surface area contributed by atoms with E-state index in [1.807, 2.05) is 36.4 Å².